The van der Waals surface area contributed by atoms with Crippen molar-refractivity contribution in [2.45, 2.75) is 64.8 Å². The van der Waals surface area contributed by atoms with Crippen LogP contribution in [0.5, 0.6) is 0 Å². The molecule has 0 radical (unpaired) electrons. The summed E-state index contributed by atoms with van der Waals surface area (Å²) < 4.78 is 0. The molecule has 2 amide bonds. The minimum Gasteiger partial charge on any atom is -0.298 e. The Morgan fingerprint density at radius 1 is 1.11 bits per heavy atom. The number of nitrogens with zero attached hydrogens (tertiary/aromatic N) is 1. The summed E-state index contributed by atoms with van der Waals surface area (Å²) in [6.07, 6.45) is 8.42. The Bertz CT molecular complexity index is 279. The van der Waals surface area contributed by atoms with Crippen LogP contribution < -0.4 is 5.32 Å². The molecule has 1 N–H and O–H groups in total. The number of carbonyl (C=O) groups is 2. The van der Waals surface area contributed by atoms with Crippen molar-refractivity contribution >= 4 is 11.8 Å². The highest BCUT2D eigenvalue weighted by Gasteiger charge is 2.30. The van der Waals surface area contributed by atoms with Gasteiger partial charge in [0.05, 0.1) is 12.6 Å². The second-order valence-electron chi connectivity index (χ2n) is 5.11. The van der Waals surface area contributed by atoms with Gasteiger partial charge in [0, 0.05) is 6.54 Å². The van der Waals surface area contributed by atoms with Crippen LogP contribution in [0.3, 0.4) is 0 Å². The number of carbonyl (C=O) groups excluding carboxylic acids is 2. The molecule has 1 fully saturated rings. The molecule has 1 aliphatic heterocycles. The van der Waals surface area contributed by atoms with Gasteiger partial charge < -0.3 is 0 Å². The average molecular weight is 254 g/mol. The first-order valence-electron chi connectivity index (χ1n) is 7.24. The first-order chi connectivity index (χ1) is 8.66. The van der Waals surface area contributed by atoms with Gasteiger partial charge in [-0.25, -0.2) is 0 Å². The van der Waals surface area contributed by atoms with Gasteiger partial charge >= 0.3 is 0 Å². The molecule has 1 aliphatic rings. The van der Waals surface area contributed by atoms with Gasteiger partial charge in [0.2, 0.25) is 11.8 Å². The number of hydrogen-bond acceptors (Lipinski definition) is 3. The van der Waals surface area contributed by atoms with Gasteiger partial charge in [-0.3, -0.25) is 19.8 Å². The standard InChI is InChI=1S/C14H26N2O2/c1-3-4-5-6-7-8-9-10-16-13(17)11-15-12(2)14(16)18/h12,15H,3-11H2,1-2H3. The molecule has 0 aromatic rings. The van der Waals surface area contributed by atoms with Crippen LogP contribution >= 0.6 is 0 Å². The van der Waals surface area contributed by atoms with Gasteiger partial charge in [0.1, 0.15) is 0 Å². The van der Waals surface area contributed by atoms with Crippen LogP contribution in [0.4, 0.5) is 0 Å². The minimum atomic E-state index is -0.216. The number of imide groups is 1. The Kier molecular flexibility index (Phi) is 6.94. The van der Waals surface area contributed by atoms with Gasteiger partial charge in [-0.1, -0.05) is 45.4 Å². The molecule has 0 aromatic heterocycles. The Hall–Kier alpha value is -0.900. The largest absolute Gasteiger partial charge is 0.298 e. The summed E-state index contributed by atoms with van der Waals surface area (Å²) >= 11 is 0. The summed E-state index contributed by atoms with van der Waals surface area (Å²) in [6, 6.07) is -0.216. The summed E-state index contributed by atoms with van der Waals surface area (Å²) in [5, 5.41) is 2.90. The van der Waals surface area contributed by atoms with Crippen LogP contribution in [0.25, 0.3) is 0 Å². The third kappa shape index (κ3) is 4.77. The van der Waals surface area contributed by atoms with Crippen LogP contribution in [0, 0.1) is 0 Å². The maximum atomic E-state index is 11.8. The van der Waals surface area contributed by atoms with Gasteiger partial charge in [-0.2, -0.15) is 0 Å². The molecule has 4 nitrogen and oxygen atoms in total. The van der Waals surface area contributed by atoms with Crippen molar-refractivity contribution in [3.05, 3.63) is 0 Å². The summed E-state index contributed by atoms with van der Waals surface area (Å²) in [4.78, 5) is 24.8. The van der Waals surface area contributed by atoms with Crippen LogP contribution in [0.2, 0.25) is 0 Å². The first kappa shape index (κ1) is 15.2. The summed E-state index contributed by atoms with van der Waals surface area (Å²) in [5.74, 6) is -0.152. The predicted molar refractivity (Wildman–Crippen MR) is 72.2 cm³/mol. The highest BCUT2D eigenvalue weighted by atomic mass is 16.2. The van der Waals surface area contributed by atoms with Crippen molar-refractivity contribution in [3.8, 4) is 0 Å². The van der Waals surface area contributed by atoms with Gasteiger partial charge in [0.25, 0.3) is 0 Å². The fraction of sp³-hybridized carbons (Fsp3) is 0.857. The van der Waals surface area contributed by atoms with E-state index in [1.165, 1.54) is 37.0 Å². The molecule has 0 spiro atoms. The summed E-state index contributed by atoms with van der Waals surface area (Å²) in [6.45, 7) is 4.91. The lowest BCUT2D eigenvalue weighted by atomic mass is 10.1. The SMILES string of the molecule is CCCCCCCCCN1C(=O)CNC(C)C1=O. The third-order valence-electron chi connectivity index (χ3n) is 3.48. The van der Waals surface area contributed by atoms with E-state index < -0.39 is 0 Å². The van der Waals surface area contributed by atoms with Crippen molar-refractivity contribution in [2.24, 2.45) is 0 Å². The monoisotopic (exact) mass is 254 g/mol. The topological polar surface area (TPSA) is 49.4 Å². The molecule has 0 aromatic carbocycles. The van der Waals surface area contributed by atoms with Gasteiger partial charge in [-0.15, -0.1) is 0 Å². The molecule has 1 unspecified atom stereocenters. The van der Waals surface area contributed by atoms with Crippen molar-refractivity contribution < 1.29 is 9.59 Å². The van der Waals surface area contributed by atoms with E-state index in [-0.39, 0.29) is 17.9 Å². The van der Waals surface area contributed by atoms with Gasteiger partial charge in [-0.05, 0) is 13.3 Å². The maximum Gasteiger partial charge on any atom is 0.246 e. The number of hydrogen-bond donors (Lipinski definition) is 1. The molecule has 4 heteroatoms. The zero-order valence-electron chi connectivity index (χ0n) is 11.7. The van der Waals surface area contributed by atoms with E-state index >= 15 is 0 Å². The molecule has 104 valence electrons. The molecule has 0 saturated carbocycles. The maximum absolute atomic E-state index is 11.8. The molecule has 1 atom stereocenters. The Morgan fingerprint density at radius 2 is 1.72 bits per heavy atom. The van der Waals surface area contributed by atoms with Crippen LogP contribution in [-0.4, -0.2) is 35.8 Å². The highest BCUT2D eigenvalue weighted by Crippen LogP contribution is 2.09. The van der Waals surface area contributed by atoms with E-state index in [9.17, 15) is 9.59 Å². The van der Waals surface area contributed by atoms with E-state index in [0.717, 1.165) is 12.8 Å². The quantitative estimate of drug-likeness (QED) is 0.533. The molecular formula is C14H26N2O2. The first-order valence-corrected chi connectivity index (χ1v) is 7.24. The minimum absolute atomic E-state index is 0.0720. The van der Waals surface area contributed by atoms with E-state index in [2.05, 4.69) is 12.2 Å². The third-order valence-corrected chi connectivity index (χ3v) is 3.48. The van der Waals surface area contributed by atoms with Crippen molar-refractivity contribution in [1.29, 1.82) is 0 Å². The number of nitrogens with one attached hydrogen (secondary N) is 1. The van der Waals surface area contributed by atoms with Gasteiger partial charge in [0.15, 0.2) is 0 Å². The van der Waals surface area contributed by atoms with Crippen LogP contribution in [0.15, 0.2) is 0 Å². The van der Waals surface area contributed by atoms with E-state index in [4.69, 9.17) is 0 Å². The second-order valence-corrected chi connectivity index (χ2v) is 5.11. The fourth-order valence-corrected chi connectivity index (χ4v) is 2.24. The number of piperazine rings is 1. The summed E-state index contributed by atoms with van der Waals surface area (Å²) in [5.41, 5.74) is 0. The fourth-order valence-electron chi connectivity index (χ4n) is 2.24. The lowest BCUT2D eigenvalue weighted by Crippen LogP contribution is -2.57. The van der Waals surface area contributed by atoms with Crippen molar-refractivity contribution in [1.82, 2.24) is 10.2 Å². The van der Waals surface area contributed by atoms with Crippen LogP contribution in [0.1, 0.15) is 58.8 Å². The second kappa shape index (κ2) is 8.25. The van der Waals surface area contributed by atoms with E-state index in [1.807, 2.05) is 6.92 Å². The zero-order chi connectivity index (χ0) is 13.4. The zero-order valence-corrected chi connectivity index (χ0v) is 11.7. The number of unbranched alkanes of at least 4 members (excludes halogenated alkanes) is 6. The normalized spacial score (nSPS) is 20.6. The molecular weight excluding hydrogens is 228 g/mol. The van der Waals surface area contributed by atoms with E-state index in [0.29, 0.717) is 13.1 Å². The molecule has 1 rings (SSSR count). The molecule has 0 aliphatic carbocycles. The van der Waals surface area contributed by atoms with E-state index in [1.54, 1.807) is 0 Å². The lowest BCUT2D eigenvalue weighted by molar-refractivity contribution is -0.148. The molecule has 1 saturated heterocycles. The Balaban J connectivity index is 2.13. The van der Waals surface area contributed by atoms with Crippen molar-refractivity contribution in [3.63, 3.8) is 0 Å². The number of rotatable bonds is 8. The predicted octanol–water partition coefficient (Wildman–Crippen LogP) is 2.08. The summed E-state index contributed by atoms with van der Waals surface area (Å²) in [7, 11) is 0. The number of amides is 2. The van der Waals surface area contributed by atoms with Crippen molar-refractivity contribution in [2.75, 3.05) is 13.1 Å². The molecule has 1 heterocycles. The highest BCUT2D eigenvalue weighted by molar-refractivity contribution is 6.00. The average Bonchev–Trinajstić information content (AvgIpc) is 2.36. The Morgan fingerprint density at radius 3 is 2.39 bits per heavy atom. The molecule has 18 heavy (non-hydrogen) atoms. The molecule has 0 bridgehead atoms. The lowest BCUT2D eigenvalue weighted by Gasteiger charge is -2.29. The van der Waals surface area contributed by atoms with Crippen LogP contribution in [-0.2, 0) is 9.59 Å². The Labute approximate surface area is 110 Å². The smallest absolute Gasteiger partial charge is 0.246 e.